The average molecular weight is 667 g/mol. The number of amides is 3. The fraction of sp³-hybridized carbons (Fsp3) is 0.531. The molecular formula is C32H50BF3N6O5. The van der Waals surface area contributed by atoms with E-state index >= 15 is 0 Å². The molecule has 1 aliphatic rings. The Morgan fingerprint density at radius 3 is 2.11 bits per heavy atom. The first-order chi connectivity index (χ1) is 22.1. The third-order valence-electron chi connectivity index (χ3n) is 7.19. The molecule has 0 aromatic heterocycles. The number of nitrogens with zero attached hydrogens (tertiary/aromatic N) is 1. The van der Waals surface area contributed by atoms with Crippen LogP contribution < -0.4 is 33.3 Å². The van der Waals surface area contributed by atoms with Crippen molar-refractivity contribution in [1.82, 2.24) is 15.5 Å². The van der Waals surface area contributed by atoms with Crippen LogP contribution in [0.25, 0.3) is 0 Å². The van der Waals surface area contributed by atoms with Crippen LogP contribution in [0.2, 0.25) is 0 Å². The Balaban J connectivity index is 0.000000657. The van der Waals surface area contributed by atoms with Crippen molar-refractivity contribution in [2.24, 2.45) is 17.2 Å². The van der Waals surface area contributed by atoms with Crippen molar-refractivity contribution in [3.05, 3.63) is 64.7 Å². The van der Waals surface area contributed by atoms with Gasteiger partial charge in [0, 0.05) is 51.3 Å². The Kier molecular flexibility index (Phi) is 17.7. The van der Waals surface area contributed by atoms with Gasteiger partial charge in [-0.05, 0) is 67.5 Å². The lowest BCUT2D eigenvalue weighted by Gasteiger charge is -2.22. The highest BCUT2D eigenvalue weighted by molar-refractivity contribution is 6.62. The molecule has 1 atom stereocenters. The SMILES string of the molecule is CC.CC1(C)OB(O)c2cc(C(=O)NCCNC(=O)C(N)CCC(=O)N(CCN)CCN)ccc21.CCc1ccc(C(F)(F)F)cc1. The highest BCUT2D eigenvalue weighted by Crippen LogP contribution is 2.30. The zero-order chi connectivity index (χ0) is 35.8. The molecule has 0 radical (unpaired) electrons. The van der Waals surface area contributed by atoms with E-state index in [0.717, 1.165) is 29.7 Å². The highest BCUT2D eigenvalue weighted by Gasteiger charge is 2.40. The Hall–Kier alpha value is -3.50. The van der Waals surface area contributed by atoms with Crippen LogP contribution in [-0.2, 0) is 32.4 Å². The molecule has 0 fully saturated rings. The number of nitrogens with one attached hydrogen (secondary N) is 2. The van der Waals surface area contributed by atoms with Crippen molar-refractivity contribution in [3.63, 3.8) is 0 Å². The lowest BCUT2D eigenvalue weighted by atomic mass is 9.77. The number of carbonyl (C=O) groups excluding carboxylic acids is 3. The van der Waals surface area contributed by atoms with Gasteiger partial charge >= 0.3 is 13.3 Å². The van der Waals surface area contributed by atoms with E-state index in [0.29, 0.717) is 37.2 Å². The van der Waals surface area contributed by atoms with E-state index < -0.39 is 36.4 Å². The molecular weight excluding hydrogens is 616 g/mol. The fourth-order valence-corrected chi connectivity index (χ4v) is 4.63. The van der Waals surface area contributed by atoms with Crippen LogP contribution in [0.1, 0.15) is 74.5 Å². The zero-order valence-electron chi connectivity index (χ0n) is 28.0. The average Bonchev–Trinajstić information content (AvgIpc) is 3.28. The predicted octanol–water partition coefficient (Wildman–Crippen LogP) is 1.63. The van der Waals surface area contributed by atoms with Gasteiger partial charge in [0.05, 0.1) is 17.2 Å². The molecule has 0 bridgehead atoms. The van der Waals surface area contributed by atoms with Gasteiger partial charge in [0.2, 0.25) is 11.8 Å². The van der Waals surface area contributed by atoms with Crippen LogP contribution in [0, 0.1) is 0 Å². The van der Waals surface area contributed by atoms with Crippen molar-refractivity contribution in [2.75, 3.05) is 39.3 Å². The third kappa shape index (κ3) is 13.3. The number of hydrogen-bond donors (Lipinski definition) is 6. The molecule has 11 nitrogen and oxygen atoms in total. The van der Waals surface area contributed by atoms with E-state index in [4.69, 9.17) is 21.9 Å². The molecule has 1 heterocycles. The summed E-state index contributed by atoms with van der Waals surface area (Å²) in [4.78, 5) is 38.3. The topological polar surface area (TPSA) is 186 Å². The molecule has 3 amide bonds. The van der Waals surface area contributed by atoms with Gasteiger partial charge in [0.1, 0.15) is 0 Å². The van der Waals surface area contributed by atoms with Crippen molar-refractivity contribution in [1.29, 1.82) is 0 Å². The second-order valence-corrected chi connectivity index (χ2v) is 11.0. The molecule has 0 saturated heterocycles. The van der Waals surface area contributed by atoms with E-state index in [1.54, 1.807) is 23.1 Å². The van der Waals surface area contributed by atoms with Gasteiger partial charge < -0.3 is 42.4 Å². The molecule has 15 heteroatoms. The van der Waals surface area contributed by atoms with Gasteiger partial charge in [-0.3, -0.25) is 14.4 Å². The minimum Gasteiger partial charge on any atom is -0.423 e. The van der Waals surface area contributed by atoms with E-state index in [2.05, 4.69) is 10.6 Å². The number of carbonyl (C=O) groups is 3. The Bertz CT molecular complexity index is 1270. The second-order valence-electron chi connectivity index (χ2n) is 11.0. The van der Waals surface area contributed by atoms with Gasteiger partial charge in [-0.2, -0.15) is 13.2 Å². The van der Waals surface area contributed by atoms with E-state index in [-0.39, 0.29) is 37.7 Å². The van der Waals surface area contributed by atoms with Gasteiger partial charge in [-0.1, -0.05) is 39.0 Å². The number of fused-ring (bicyclic) bond motifs is 1. The van der Waals surface area contributed by atoms with Crippen molar-refractivity contribution >= 4 is 30.3 Å². The molecule has 3 rings (SSSR count). The molecule has 0 saturated carbocycles. The monoisotopic (exact) mass is 666 g/mol. The number of aryl methyl sites for hydroxylation is 1. The third-order valence-corrected chi connectivity index (χ3v) is 7.19. The zero-order valence-corrected chi connectivity index (χ0v) is 28.0. The van der Waals surface area contributed by atoms with E-state index in [1.165, 1.54) is 12.1 Å². The maximum Gasteiger partial charge on any atom is 0.492 e. The van der Waals surface area contributed by atoms with Gasteiger partial charge in [0.15, 0.2) is 0 Å². The summed E-state index contributed by atoms with van der Waals surface area (Å²) in [5.41, 5.74) is 18.4. The Morgan fingerprint density at radius 2 is 1.57 bits per heavy atom. The van der Waals surface area contributed by atoms with E-state index in [1.807, 2.05) is 34.6 Å². The summed E-state index contributed by atoms with van der Waals surface area (Å²) < 4.78 is 41.6. The number of alkyl halides is 3. The predicted molar refractivity (Wildman–Crippen MR) is 178 cm³/mol. The molecule has 262 valence electrons. The molecule has 2 aromatic rings. The summed E-state index contributed by atoms with van der Waals surface area (Å²) in [6, 6.07) is 9.42. The normalized spacial score (nSPS) is 13.7. The molecule has 1 unspecified atom stereocenters. The van der Waals surface area contributed by atoms with Crippen LogP contribution >= 0.6 is 0 Å². The first-order valence-corrected chi connectivity index (χ1v) is 15.8. The molecule has 0 spiro atoms. The number of hydrogen-bond acceptors (Lipinski definition) is 8. The van der Waals surface area contributed by atoms with Crippen LogP contribution in [0.4, 0.5) is 13.2 Å². The molecule has 0 aliphatic carbocycles. The first-order valence-electron chi connectivity index (χ1n) is 15.8. The largest absolute Gasteiger partial charge is 0.492 e. The van der Waals surface area contributed by atoms with Crippen LogP contribution in [0.15, 0.2) is 42.5 Å². The van der Waals surface area contributed by atoms with Crippen molar-refractivity contribution in [2.45, 2.75) is 71.7 Å². The van der Waals surface area contributed by atoms with Crippen molar-refractivity contribution < 1.29 is 37.2 Å². The van der Waals surface area contributed by atoms with E-state index in [9.17, 15) is 32.6 Å². The summed E-state index contributed by atoms with van der Waals surface area (Å²) in [7, 11) is -1.08. The lowest BCUT2D eigenvalue weighted by molar-refractivity contribution is -0.137. The number of rotatable bonds is 13. The summed E-state index contributed by atoms with van der Waals surface area (Å²) >= 11 is 0. The fourth-order valence-electron chi connectivity index (χ4n) is 4.63. The van der Waals surface area contributed by atoms with Gasteiger partial charge in [-0.25, -0.2) is 0 Å². The van der Waals surface area contributed by atoms with Gasteiger partial charge in [-0.15, -0.1) is 0 Å². The highest BCUT2D eigenvalue weighted by atomic mass is 19.4. The first kappa shape index (κ1) is 41.5. The summed E-state index contributed by atoms with van der Waals surface area (Å²) in [6.45, 7) is 11.5. The standard InChI is InChI=1S/C21H35BN6O5.C9H9F3.C2H6/c1-21(2)15-4-3-14(13-16(15)22(32)33-21)19(30)26-9-10-27-20(31)17(25)5-6-18(29)28(11-7-23)12-8-24;1-2-7-3-5-8(6-4-7)9(10,11)12;1-2/h3-4,13,17,32H,5-12,23-25H2,1-2H3,(H,26,30)(H,27,31);3-6H,2H2,1H3;1-2H3. The minimum absolute atomic E-state index is 0.121. The minimum atomic E-state index is -4.22. The number of halogens is 3. The van der Waals surface area contributed by atoms with Crippen molar-refractivity contribution in [3.8, 4) is 0 Å². The summed E-state index contributed by atoms with van der Waals surface area (Å²) in [5.74, 6) is -0.880. The smallest absolute Gasteiger partial charge is 0.423 e. The summed E-state index contributed by atoms with van der Waals surface area (Å²) in [6.07, 6.45) is -3.14. The number of nitrogens with two attached hydrogens (primary N) is 3. The maximum atomic E-state index is 12.4. The van der Waals surface area contributed by atoms with Crippen LogP contribution in [-0.4, -0.2) is 80.1 Å². The summed E-state index contributed by atoms with van der Waals surface area (Å²) in [5, 5.41) is 15.4. The Labute approximate surface area is 275 Å². The molecule has 47 heavy (non-hydrogen) atoms. The number of benzene rings is 2. The quantitative estimate of drug-likeness (QED) is 0.138. The molecule has 9 N–H and O–H groups in total. The lowest BCUT2D eigenvalue weighted by Crippen LogP contribution is -2.45. The van der Waals surface area contributed by atoms with Crippen LogP contribution in [0.3, 0.4) is 0 Å². The maximum absolute atomic E-state index is 12.4. The van der Waals surface area contributed by atoms with Crippen LogP contribution in [0.5, 0.6) is 0 Å². The Morgan fingerprint density at radius 1 is 1.00 bits per heavy atom. The molecule has 2 aromatic carbocycles. The molecule has 1 aliphatic heterocycles. The second kappa shape index (κ2) is 20.0. The van der Waals surface area contributed by atoms with Gasteiger partial charge in [0.25, 0.3) is 5.91 Å².